The quantitative estimate of drug-likeness (QED) is 0.188. The molecule has 5 N–H and O–H groups in total. The average molecular weight is 650 g/mol. The van der Waals surface area contributed by atoms with Gasteiger partial charge in [0.05, 0.1) is 40.1 Å². The first-order valence-corrected chi connectivity index (χ1v) is 15.4. The Morgan fingerprint density at radius 1 is 1.07 bits per heavy atom. The molecule has 16 heteroatoms. The summed E-state index contributed by atoms with van der Waals surface area (Å²) in [4.78, 5) is 24.2. The van der Waals surface area contributed by atoms with Gasteiger partial charge in [0, 0.05) is 30.3 Å². The fraction of sp³-hybridized carbons (Fsp3) is 0.286. The largest absolute Gasteiger partial charge is 0.453 e. The summed E-state index contributed by atoms with van der Waals surface area (Å²) in [7, 11) is -3.60. The molecule has 0 bridgehead atoms. The van der Waals surface area contributed by atoms with Crippen molar-refractivity contribution in [3.05, 3.63) is 71.1 Å². The minimum absolute atomic E-state index is 0.0699. The molecule has 0 aliphatic carbocycles. The molecule has 0 unspecified atom stereocenters. The summed E-state index contributed by atoms with van der Waals surface area (Å²) in [5, 5.41) is 6.22. The second-order valence-corrected chi connectivity index (χ2v) is 13.1. The van der Waals surface area contributed by atoms with Crippen LogP contribution in [-0.2, 0) is 20.2 Å². The van der Waals surface area contributed by atoms with Crippen molar-refractivity contribution in [2.45, 2.75) is 37.1 Å². The maximum absolute atomic E-state index is 16.0. The van der Waals surface area contributed by atoms with Gasteiger partial charge in [-0.2, -0.15) is 0 Å². The summed E-state index contributed by atoms with van der Waals surface area (Å²) in [6.45, 7) is 6.07. The molecular weight excluding hydrogens is 619 g/mol. The zero-order valence-electron chi connectivity index (χ0n) is 24.1. The Bertz CT molecular complexity index is 1760. The Morgan fingerprint density at radius 2 is 1.75 bits per heavy atom. The van der Waals surface area contributed by atoms with E-state index < -0.39 is 55.6 Å². The van der Waals surface area contributed by atoms with E-state index in [1.807, 2.05) is 25.5 Å². The van der Waals surface area contributed by atoms with Crippen LogP contribution in [0.2, 0.25) is 0 Å². The molecule has 234 valence electrons. The zero-order chi connectivity index (χ0) is 32.2. The molecule has 2 aromatic carbocycles. The van der Waals surface area contributed by atoms with E-state index >= 15 is 4.39 Å². The van der Waals surface area contributed by atoms with Gasteiger partial charge in [-0.15, -0.1) is 11.3 Å². The van der Waals surface area contributed by atoms with E-state index in [1.165, 1.54) is 36.8 Å². The highest BCUT2D eigenvalue weighted by atomic mass is 32.2. The number of methoxy groups -OCH3 is 1. The summed E-state index contributed by atoms with van der Waals surface area (Å²) in [6.07, 6.45) is 0.839. The first-order valence-electron chi connectivity index (χ1n) is 13.1. The second-order valence-electron chi connectivity index (χ2n) is 10.5. The Kier molecular flexibility index (Phi) is 9.75. The number of carbonyl (C=O) groups excluding carboxylic acids is 1. The lowest BCUT2D eigenvalue weighted by Gasteiger charge is -2.16. The molecular formula is C28H30F3N7O4S2. The van der Waals surface area contributed by atoms with E-state index in [9.17, 15) is 22.0 Å². The third-order valence-electron chi connectivity index (χ3n) is 6.14. The number of nitrogens with two attached hydrogens (primary N) is 1. The number of anilines is 2. The molecule has 4 aromatic rings. The van der Waals surface area contributed by atoms with Crippen molar-refractivity contribution in [2.24, 2.45) is 5.73 Å². The molecule has 0 saturated heterocycles. The summed E-state index contributed by atoms with van der Waals surface area (Å²) >= 11 is 1.26. The maximum Gasteiger partial charge on any atom is 0.407 e. The van der Waals surface area contributed by atoms with Gasteiger partial charge in [-0.1, -0.05) is 32.9 Å². The van der Waals surface area contributed by atoms with Gasteiger partial charge in [0.25, 0.3) is 10.0 Å². The number of hydrogen-bond donors (Lipinski definition) is 4. The number of nitrogens with one attached hydrogen (secondary N) is 3. The van der Waals surface area contributed by atoms with Gasteiger partial charge in [-0.05, 0) is 30.3 Å². The third kappa shape index (κ3) is 7.26. The zero-order valence-corrected chi connectivity index (χ0v) is 25.7. The molecule has 4 rings (SSSR count). The number of sulfonamides is 1. The predicted molar refractivity (Wildman–Crippen MR) is 161 cm³/mol. The molecule has 0 saturated carbocycles. The van der Waals surface area contributed by atoms with Crippen molar-refractivity contribution in [2.75, 3.05) is 30.2 Å². The number of alkyl carbamates (subject to hydrolysis) is 1. The fourth-order valence-electron chi connectivity index (χ4n) is 3.93. The van der Waals surface area contributed by atoms with Gasteiger partial charge in [0.2, 0.25) is 5.95 Å². The van der Waals surface area contributed by atoms with Crippen molar-refractivity contribution < 1.29 is 31.1 Å². The van der Waals surface area contributed by atoms with Crippen LogP contribution in [0.4, 0.5) is 29.6 Å². The minimum Gasteiger partial charge on any atom is -0.453 e. The lowest BCUT2D eigenvalue weighted by Crippen LogP contribution is -2.44. The van der Waals surface area contributed by atoms with Gasteiger partial charge < -0.3 is 21.1 Å². The van der Waals surface area contributed by atoms with Gasteiger partial charge >= 0.3 is 6.09 Å². The number of nitrogens with zero attached hydrogens (tertiary/aromatic N) is 3. The van der Waals surface area contributed by atoms with Crippen LogP contribution in [0.5, 0.6) is 0 Å². The van der Waals surface area contributed by atoms with E-state index in [-0.39, 0.29) is 30.3 Å². The Balaban J connectivity index is 1.73. The van der Waals surface area contributed by atoms with Crippen LogP contribution < -0.4 is 21.1 Å². The highest BCUT2D eigenvalue weighted by molar-refractivity contribution is 7.92. The lowest BCUT2D eigenvalue weighted by atomic mass is 9.98. The van der Waals surface area contributed by atoms with E-state index in [0.29, 0.717) is 15.6 Å². The number of carbonyl (C=O) groups is 1. The van der Waals surface area contributed by atoms with E-state index in [2.05, 4.69) is 25.3 Å². The second kappa shape index (κ2) is 13.2. The number of halogens is 3. The molecule has 0 spiro atoms. The molecule has 11 nitrogen and oxygen atoms in total. The van der Waals surface area contributed by atoms with E-state index in [4.69, 9.17) is 10.7 Å². The Morgan fingerprint density at radius 3 is 2.39 bits per heavy atom. The van der Waals surface area contributed by atoms with Crippen molar-refractivity contribution in [1.29, 1.82) is 0 Å². The number of hydrogen-bond acceptors (Lipinski definition) is 10. The number of thiazole rings is 1. The van der Waals surface area contributed by atoms with Crippen molar-refractivity contribution in [3.63, 3.8) is 0 Å². The maximum atomic E-state index is 16.0. The topological polar surface area (TPSA) is 161 Å². The fourth-order valence-corrected chi connectivity index (χ4v) is 6.24. The molecule has 0 aliphatic heterocycles. The van der Waals surface area contributed by atoms with E-state index in [1.54, 1.807) is 6.07 Å². The summed E-state index contributed by atoms with van der Waals surface area (Å²) in [5.41, 5.74) is 5.24. The highest BCUT2D eigenvalue weighted by Gasteiger charge is 2.28. The normalized spacial score (nSPS) is 12.5. The van der Waals surface area contributed by atoms with Gasteiger partial charge in [-0.25, -0.2) is 41.3 Å². The van der Waals surface area contributed by atoms with Crippen molar-refractivity contribution in [3.8, 4) is 21.8 Å². The number of benzene rings is 2. The van der Waals surface area contributed by atoms with Crippen molar-refractivity contribution in [1.82, 2.24) is 20.3 Å². The molecule has 2 aromatic heterocycles. The summed E-state index contributed by atoms with van der Waals surface area (Å²) in [5.74, 6) is -3.46. The van der Waals surface area contributed by atoms with Crippen LogP contribution in [0.3, 0.4) is 0 Å². The Hall–Kier alpha value is -4.28. The van der Waals surface area contributed by atoms with Crippen LogP contribution in [0.15, 0.2) is 53.6 Å². The smallest absolute Gasteiger partial charge is 0.407 e. The van der Waals surface area contributed by atoms with E-state index in [0.717, 1.165) is 24.3 Å². The molecule has 0 aliphatic rings. The monoisotopic (exact) mass is 649 g/mol. The van der Waals surface area contributed by atoms with Crippen LogP contribution >= 0.6 is 11.3 Å². The number of ether oxygens (including phenoxy) is 1. The SMILES string of the molecule is COC(=O)N[C@@H](CN)CNc1nccc(-c2sc(C(C)(C)C)nc2-c2cccc(NS(=O)(=O)c3c(F)cccc3F)c2F)n1. The van der Waals surface area contributed by atoms with Crippen LogP contribution in [0.1, 0.15) is 25.8 Å². The number of rotatable bonds is 10. The van der Waals surface area contributed by atoms with Crippen LogP contribution in [0.25, 0.3) is 21.8 Å². The first kappa shape index (κ1) is 32.6. The van der Waals surface area contributed by atoms with Crippen LogP contribution in [-0.4, -0.2) is 55.7 Å². The minimum atomic E-state index is -4.84. The third-order valence-corrected chi connectivity index (χ3v) is 9.06. The number of aromatic nitrogens is 3. The lowest BCUT2D eigenvalue weighted by molar-refractivity contribution is 0.167. The molecule has 0 radical (unpaired) electrons. The van der Waals surface area contributed by atoms with Gasteiger partial charge in [-0.3, -0.25) is 4.72 Å². The first-order chi connectivity index (χ1) is 20.7. The molecule has 2 heterocycles. The molecule has 44 heavy (non-hydrogen) atoms. The average Bonchev–Trinajstić information content (AvgIpc) is 3.42. The Labute approximate surface area is 256 Å². The molecule has 0 fully saturated rings. The van der Waals surface area contributed by atoms with Crippen molar-refractivity contribution >= 4 is 39.1 Å². The molecule has 1 amide bonds. The van der Waals surface area contributed by atoms with Gasteiger partial charge in [0.15, 0.2) is 10.7 Å². The number of amides is 1. The standard InChI is InChI=1S/C28H30F3N7O4S2/c1-28(2,3)25-37-22(23(43-25)20-11-12-33-26(36-20)34-14-15(13-32)35-27(39)42-4)16-7-5-10-19(21(16)31)38-44(40,41)24-17(29)8-6-9-18(24)30/h5-12,15,38H,13-14,32H2,1-4H3,(H,35,39)(H,33,34,36)/t15-/m0/s1. The summed E-state index contributed by atoms with van der Waals surface area (Å²) < 4.78 is 76.9. The van der Waals surface area contributed by atoms with Gasteiger partial charge in [0.1, 0.15) is 11.6 Å². The molecule has 1 atom stereocenters. The predicted octanol–water partition coefficient (Wildman–Crippen LogP) is 4.88. The highest BCUT2D eigenvalue weighted by Crippen LogP contribution is 2.42. The van der Waals surface area contributed by atoms with Crippen LogP contribution in [0, 0.1) is 17.5 Å². The summed E-state index contributed by atoms with van der Waals surface area (Å²) in [6, 6.07) is 7.65.